The Bertz CT molecular complexity index is 1080. The van der Waals surface area contributed by atoms with Crippen LogP contribution >= 0.6 is 39.0 Å². The number of fused-ring (bicyclic) bond motifs is 1. The summed E-state index contributed by atoms with van der Waals surface area (Å²) in [6.45, 7) is 3.42. The van der Waals surface area contributed by atoms with Crippen molar-refractivity contribution in [3.8, 4) is 0 Å². The van der Waals surface area contributed by atoms with Crippen LogP contribution < -0.4 is 5.32 Å². The third-order valence-electron chi connectivity index (χ3n) is 4.92. The number of likely N-dealkylation sites (N-methyl/N-ethyl adjacent to an activating group) is 1. The van der Waals surface area contributed by atoms with Crippen LogP contribution in [0.5, 0.6) is 0 Å². The maximum atomic E-state index is 12.5. The van der Waals surface area contributed by atoms with E-state index < -0.39 is 0 Å². The van der Waals surface area contributed by atoms with Crippen LogP contribution in [0.3, 0.4) is 0 Å². The molecule has 1 fully saturated rings. The SMILES string of the molecule is CN1CCN(C(=O)CSc2nc3ccc(NC(=O)c4ccccc4Br)cc3s2)CC1. The Morgan fingerprint density at radius 3 is 2.70 bits per heavy atom. The Morgan fingerprint density at radius 1 is 1.17 bits per heavy atom. The summed E-state index contributed by atoms with van der Waals surface area (Å²) in [6, 6.07) is 13.0. The predicted octanol–water partition coefficient (Wildman–Crippen LogP) is 4.18. The van der Waals surface area contributed by atoms with Gasteiger partial charge in [-0.05, 0) is 53.3 Å². The van der Waals surface area contributed by atoms with Gasteiger partial charge in [-0.15, -0.1) is 11.3 Å². The van der Waals surface area contributed by atoms with Crippen LogP contribution in [0, 0.1) is 0 Å². The van der Waals surface area contributed by atoms with Crippen molar-refractivity contribution in [1.82, 2.24) is 14.8 Å². The van der Waals surface area contributed by atoms with Gasteiger partial charge in [-0.2, -0.15) is 0 Å². The van der Waals surface area contributed by atoms with Gasteiger partial charge in [-0.25, -0.2) is 4.98 Å². The number of hydrogen-bond donors (Lipinski definition) is 1. The van der Waals surface area contributed by atoms with Gasteiger partial charge in [0.15, 0.2) is 4.34 Å². The molecule has 1 aliphatic heterocycles. The quantitative estimate of drug-likeness (QED) is 0.528. The fourth-order valence-corrected chi connectivity index (χ4v) is 5.63. The van der Waals surface area contributed by atoms with Crippen LogP contribution in [0.4, 0.5) is 5.69 Å². The first-order chi connectivity index (χ1) is 14.5. The van der Waals surface area contributed by atoms with E-state index in [9.17, 15) is 9.59 Å². The number of hydrogen-bond acceptors (Lipinski definition) is 6. The number of thioether (sulfide) groups is 1. The van der Waals surface area contributed by atoms with Crippen molar-refractivity contribution >= 4 is 66.7 Å². The summed E-state index contributed by atoms with van der Waals surface area (Å²) in [4.78, 5) is 33.7. The zero-order valence-corrected chi connectivity index (χ0v) is 19.6. The summed E-state index contributed by atoms with van der Waals surface area (Å²) in [7, 11) is 2.08. The summed E-state index contributed by atoms with van der Waals surface area (Å²) in [6.07, 6.45) is 0. The number of carbonyl (C=O) groups excluding carboxylic acids is 2. The minimum absolute atomic E-state index is 0.161. The van der Waals surface area contributed by atoms with E-state index in [2.05, 4.69) is 38.2 Å². The van der Waals surface area contributed by atoms with Gasteiger partial charge in [-0.3, -0.25) is 9.59 Å². The summed E-state index contributed by atoms with van der Waals surface area (Å²) in [5.41, 5.74) is 2.17. The summed E-state index contributed by atoms with van der Waals surface area (Å²) in [5.74, 6) is 0.391. The smallest absolute Gasteiger partial charge is 0.256 e. The number of nitrogens with zero attached hydrogens (tertiary/aromatic N) is 3. The lowest BCUT2D eigenvalue weighted by molar-refractivity contribution is -0.129. The third kappa shape index (κ3) is 5.03. The van der Waals surface area contributed by atoms with Crippen molar-refractivity contribution in [3.63, 3.8) is 0 Å². The van der Waals surface area contributed by atoms with E-state index in [1.54, 1.807) is 6.07 Å². The van der Waals surface area contributed by atoms with E-state index in [1.165, 1.54) is 23.1 Å². The Morgan fingerprint density at radius 2 is 1.93 bits per heavy atom. The van der Waals surface area contributed by atoms with Crippen LogP contribution in [0.2, 0.25) is 0 Å². The van der Waals surface area contributed by atoms with Gasteiger partial charge in [0, 0.05) is 36.3 Å². The molecule has 0 saturated carbocycles. The van der Waals surface area contributed by atoms with Crippen molar-refractivity contribution in [3.05, 3.63) is 52.5 Å². The molecule has 1 N–H and O–H groups in total. The Hall–Kier alpha value is -1.94. The summed E-state index contributed by atoms with van der Waals surface area (Å²) < 4.78 is 2.60. The molecule has 6 nitrogen and oxygen atoms in total. The highest BCUT2D eigenvalue weighted by molar-refractivity contribution is 9.10. The van der Waals surface area contributed by atoms with Crippen LogP contribution in [0.15, 0.2) is 51.3 Å². The van der Waals surface area contributed by atoms with Crippen LogP contribution in [-0.2, 0) is 4.79 Å². The Balaban J connectivity index is 1.39. The molecule has 4 rings (SSSR count). The molecule has 0 bridgehead atoms. The second kappa shape index (κ2) is 9.47. The van der Waals surface area contributed by atoms with Crippen molar-refractivity contribution in [1.29, 1.82) is 0 Å². The van der Waals surface area contributed by atoms with E-state index in [0.29, 0.717) is 11.3 Å². The number of benzene rings is 2. The van der Waals surface area contributed by atoms with E-state index in [0.717, 1.165) is 50.9 Å². The maximum absolute atomic E-state index is 12.5. The number of piperazine rings is 1. The van der Waals surface area contributed by atoms with E-state index in [1.807, 2.05) is 41.3 Å². The fourth-order valence-electron chi connectivity index (χ4n) is 3.16. The zero-order chi connectivity index (χ0) is 21.1. The lowest BCUT2D eigenvalue weighted by Crippen LogP contribution is -2.47. The predicted molar refractivity (Wildman–Crippen MR) is 127 cm³/mol. The standard InChI is InChI=1S/C21H21BrN4O2S2/c1-25-8-10-26(11-9-25)19(27)13-29-21-24-17-7-6-14(12-18(17)30-21)23-20(28)15-4-2-3-5-16(15)22/h2-7,12H,8-11,13H2,1H3,(H,23,28). The highest BCUT2D eigenvalue weighted by Crippen LogP contribution is 2.31. The average Bonchev–Trinajstić information content (AvgIpc) is 3.15. The van der Waals surface area contributed by atoms with Gasteiger partial charge in [0.2, 0.25) is 5.91 Å². The van der Waals surface area contributed by atoms with E-state index in [4.69, 9.17) is 0 Å². The number of amides is 2. The number of carbonyl (C=O) groups is 2. The monoisotopic (exact) mass is 504 g/mol. The molecule has 0 atom stereocenters. The number of thiazole rings is 1. The summed E-state index contributed by atoms with van der Waals surface area (Å²) >= 11 is 6.42. The van der Waals surface area contributed by atoms with Gasteiger partial charge >= 0.3 is 0 Å². The third-order valence-corrected chi connectivity index (χ3v) is 7.76. The molecule has 30 heavy (non-hydrogen) atoms. The van der Waals surface area contributed by atoms with Crippen molar-refractivity contribution in [2.75, 3.05) is 44.3 Å². The van der Waals surface area contributed by atoms with Gasteiger partial charge in [0.05, 0.1) is 21.5 Å². The maximum Gasteiger partial charge on any atom is 0.256 e. The average molecular weight is 505 g/mol. The number of rotatable bonds is 5. The van der Waals surface area contributed by atoms with E-state index >= 15 is 0 Å². The molecule has 0 spiro atoms. The minimum Gasteiger partial charge on any atom is -0.339 e. The normalized spacial score (nSPS) is 14.8. The van der Waals surface area contributed by atoms with Gasteiger partial charge in [0.1, 0.15) is 0 Å². The molecule has 3 aromatic rings. The number of anilines is 1. The van der Waals surface area contributed by atoms with Gasteiger partial charge < -0.3 is 15.1 Å². The number of halogens is 1. The molecule has 2 amide bonds. The molecular weight excluding hydrogens is 484 g/mol. The molecule has 2 aromatic carbocycles. The lowest BCUT2D eigenvalue weighted by Gasteiger charge is -2.32. The van der Waals surface area contributed by atoms with Crippen molar-refractivity contribution in [2.24, 2.45) is 0 Å². The Labute approximate surface area is 191 Å². The van der Waals surface area contributed by atoms with Crippen LogP contribution in [0.25, 0.3) is 10.2 Å². The van der Waals surface area contributed by atoms with Crippen molar-refractivity contribution < 1.29 is 9.59 Å². The van der Waals surface area contributed by atoms with Crippen LogP contribution in [-0.4, -0.2) is 65.6 Å². The fraction of sp³-hybridized carbons (Fsp3) is 0.286. The highest BCUT2D eigenvalue weighted by atomic mass is 79.9. The minimum atomic E-state index is -0.168. The van der Waals surface area contributed by atoms with Gasteiger partial charge in [-0.1, -0.05) is 23.9 Å². The van der Waals surface area contributed by atoms with Gasteiger partial charge in [0.25, 0.3) is 5.91 Å². The lowest BCUT2D eigenvalue weighted by atomic mass is 10.2. The first kappa shape index (κ1) is 21.3. The first-order valence-corrected chi connectivity index (χ1v) is 12.1. The number of aromatic nitrogens is 1. The van der Waals surface area contributed by atoms with Crippen LogP contribution in [0.1, 0.15) is 10.4 Å². The molecule has 1 aliphatic rings. The molecule has 156 valence electrons. The van der Waals surface area contributed by atoms with E-state index in [-0.39, 0.29) is 11.8 Å². The number of nitrogens with one attached hydrogen (secondary N) is 1. The van der Waals surface area contributed by atoms with Crippen molar-refractivity contribution in [2.45, 2.75) is 4.34 Å². The first-order valence-electron chi connectivity index (χ1n) is 9.55. The molecule has 0 aliphatic carbocycles. The zero-order valence-electron chi connectivity index (χ0n) is 16.4. The molecule has 0 unspecified atom stereocenters. The molecular formula is C21H21BrN4O2S2. The molecule has 0 radical (unpaired) electrons. The second-order valence-electron chi connectivity index (χ2n) is 7.07. The molecule has 1 aromatic heterocycles. The largest absolute Gasteiger partial charge is 0.339 e. The summed E-state index contributed by atoms with van der Waals surface area (Å²) in [5, 5.41) is 2.94. The Kier molecular flexibility index (Phi) is 6.72. The molecule has 1 saturated heterocycles. The topological polar surface area (TPSA) is 65.5 Å². The second-order valence-corrected chi connectivity index (χ2v) is 10.2. The molecule has 9 heteroatoms. The highest BCUT2D eigenvalue weighted by Gasteiger charge is 2.19. The molecule has 2 heterocycles.